The molecule has 0 aliphatic heterocycles. The summed E-state index contributed by atoms with van der Waals surface area (Å²) in [7, 11) is 0. The maximum atomic E-state index is 12.7. The smallest absolute Gasteiger partial charge is 0.293 e. The summed E-state index contributed by atoms with van der Waals surface area (Å²) >= 11 is 0. The predicted octanol–water partition coefficient (Wildman–Crippen LogP) is 4.15. The molecule has 0 saturated heterocycles. The Morgan fingerprint density at radius 2 is 1.88 bits per heavy atom. The number of hydrogen-bond donors (Lipinski definition) is 2. The number of carbonyl (C=O) groups excluding carboxylic acids is 2. The number of non-ortho nitro benzene ring substituents is 1. The van der Waals surface area contributed by atoms with Gasteiger partial charge in [-0.25, -0.2) is 0 Å². The Bertz CT molecular complexity index is 1330. The lowest BCUT2D eigenvalue weighted by Gasteiger charge is -2.19. The summed E-state index contributed by atoms with van der Waals surface area (Å²) in [6, 6.07) is 13.6. The molecule has 2 N–H and O–H groups in total. The summed E-state index contributed by atoms with van der Waals surface area (Å²) in [4.78, 5) is 40.5. The van der Waals surface area contributed by atoms with Gasteiger partial charge in [-0.15, -0.1) is 0 Å². The van der Waals surface area contributed by atoms with E-state index >= 15 is 0 Å². The van der Waals surface area contributed by atoms with Gasteiger partial charge in [0.2, 0.25) is 5.91 Å². The molecule has 0 saturated carbocycles. The first-order chi connectivity index (χ1) is 15.4. The van der Waals surface area contributed by atoms with Gasteiger partial charge in [0.25, 0.3) is 11.6 Å². The van der Waals surface area contributed by atoms with E-state index in [4.69, 9.17) is 0 Å². The first kappa shape index (κ1) is 21.1. The molecule has 0 atom stereocenters. The fraction of sp³-hybridized carbons (Fsp3) is 0.217. The zero-order valence-electron chi connectivity index (χ0n) is 17.8. The van der Waals surface area contributed by atoms with Crippen LogP contribution in [0.25, 0.3) is 21.8 Å². The normalized spacial score (nSPS) is 11.1. The van der Waals surface area contributed by atoms with Crippen molar-refractivity contribution in [1.29, 1.82) is 0 Å². The van der Waals surface area contributed by atoms with Gasteiger partial charge >= 0.3 is 0 Å². The van der Waals surface area contributed by atoms with Gasteiger partial charge in [0.1, 0.15) is 17.8 Å². The van der Waals surface area contributed by atoms with E-state index in [1.54, 1.807) is 29.2 Å². The van der Waals surface area contributed by atoms with E-state index < -0.39 is 10.8 Å². The second kappa shape index (κ2) is 8.54. The van der Waals surface area contributed by atoms with Crippen molar-refractivity contribution in [2.24, 2.45) is 0 Å². The van der Waals surface area contributed by atoms with Gasteiger partial charge in [-0.05, 0) is 44.2 Å². The van der Waals surface area contributed by atoms with Crippen LogP contribution >= 0.6 is 0 Å². The van der Waals surface area contributed by atoms with E-state index in [9.17, 15) is 19.7 Å². The summed E-state index contributed by atoms with van der Waals surface area (Å²) in [5, 5.41) is 15.5. The molecule has 2 aromatic carbocycles. The molecule has 0 radical (unpaired) electrons. The largest absolute Gasteiger partial charge is 0.345 e. The van der Waals surface area contributed by atoms with Gasteiger partial charge in [-0.3, -0.25) is 19.7 Å². The molecule has 0 aliphatic carbocycles. The number of likely N-dealkylation sites (N-methyl/N-ethyl adjacent to an activating group) is 1. The summed E-state index contributed by atoms with van der Waals surface area (Å²) < 4.78 is 1.89. The number of aromatic nitrogens is 2. The number of para-hydroxylation sites is 1. The lowest BCUT2D eigenvalue weighted by molar-refractivity contribution is -0.383. The molecule has 0 spiro atoms. The summed E-state index contributed by atoms with van der Waals surface area (Å²) in [5.74, 6) is -0.344. The highest BCUT2D eigenvalue weighted by Gasteiger charge is 2.17. The molecule has 2 heterocycles. The Morgan fingerprint density at radius 1 is 1.09 bits per heavy atom. The van der Waals surface area contributed by atoms with Crippen molar-refractivity contribution in [2.75, 3.05) is 18.4 Å². The number of nitrogens with one attached hydrogen (secondary N) is 2. The number of hydrogen-bond acceptors (Lipinski definition) is 4. The minimum Gasteiger partial charge on any atom is -0.345 e. The van der Waals surface area contributed by atoms with Gasteiger partial charge in [-0.2, -0.15) is 0 Å². The third-order valence-electron chi connectivity index (χ3n) is 5.53. The molecule has 164 valence electrons. The second-order valence-electron chi connectivity index (χ2n) is 7.42. The van der Waals surface area contributed by atoms with Crippen LogP contribution in [0.2, 0.25) is 0 Å². The summed E-state index contributed by atoms with van der Waals surface area (Å²) in [6.07, 6.45) is 1.86. The molecule has 2 amide bonds. The molecule has 32 heavy (non-hydrogen) atoms. The van der Waals surface area contributed by atoms with Crippen molar-refractivity contribution in [2.45, 2.75) is 20.4 Å². The van der Waals surface area contributed by atoms with Crippen LogP contribution < -0.4 is 5.32 Å². The fourth-order valence-corrected chi connectivity index (χ4v) is 3.85. The summed E-state index contributed by atoms with van der Waals surface area (Å²) in [6.45, 7) is 5.50. The monoisotopic (exact) mass is 433 g/mol. The molecule has 0 aliphatic rings. The highest BCUT2D eigenvalue weighted by atomic mass is 16.6. The van der Waals surface area contributed by atoms with Crippen molar-refractivity contribution >= 4 is 45.0 Å². The van der Waals surface area contributed by atoms with Crippen LogP contribution in [0.4, 0.5) is 11.4 Å². The third kappa shape index (κ3) is 3.92. The van der Waals surface area contributed by atoms with E-state index in [0.717, 1.165) is 10.9 Å². The maximum Gasteiger partial charge on any atom is 0.293 e. The van der Waals surface area contributed by atoms with Crippen molar-refractivity contribution in [1.82, 2.24) is 14.5 Å². The number of nitro benzene ring substituents is 1. The van der Waals surface area contributed by atoms with Gasteiger partial charge in [0, 0.05) is 47.3 Å². The third-order valence-corrected chi connectivity index (χ3v) is 5.53. The first-order valence-corrected chi connectivity index (χ1v) is 10.4. The minimum absolute atomic E-state index is 0.0535. The SMILES string of the molecule is CCN(CC)C(=O)Cn1ccc2cc(NC(=O)c3cc4cccc([N+](=O)[O-])c4[nH]3)ccc21. The van der Waals surface area contributed by atoms with Crippen LogP contribution in [0.1, 0.15) is 24.3 Å². The lowest BCUT2D eigenvalue weighted by Crippen LogP contribution is -2.33. The molecular formula is C23H23N5O4. The maximum absolute atomic E-state index is 12.7. The second-order valence-corrected chi connectivity index (χ2v) is 7.42. The number of nitrogens with zero attached hydrogens (tertiary/aromatic N) is 3. The molecule has 9 nitrogen and oxygen atoms in total. The van der Waals surface area contributed by atoms with Crippen LogP contribution in [0, 0.1) is 10.1 Å². The van der Waals surface area contributed by atoms with E-state index in [0.29, 0.717) is 29.7 Å². The van der Waals surface area contributed by atoms with E-state index in [-0.39, 0.29) is 23.8 Å². The molecular weight excluding hydrogens is 410 g/mol. The van der Waals surface area contributed by atoms with Crippen LogP contribution in [-0.4, -0.2) is 44.3 Å². The Hall–Kier alpha value is -4.14. The number of rotatable bonds is 7. The van der Waals surface area contributed by atoms with Crippen molar-refractivity contribution in [3.05, 3.63) is 70.5 Å². The van der Waals surface area contributed by atoms with Crippen LogP contribution in [-0.2, 0) is 11.3 Å². The minimum atomic E-state index is -0.482. The molecule has 0 bridgehead atoms. The number of aromatic amines is 1. The number of fused-ring (bicyclic) bond motifs is 2. The number of amides is 2. The molecule has 9 heteroatoms. The Morgan fingerprint density at radius 3 is 2.59 bits per heavy atom. The number of benzene rings is 2. The number of nitro groups is 1. The topological polar surface area (TPSA) is 113 Å². The Kier molecular flexibility index (Phi) is 5.63. The average Bonchev–Trinajstić information content (AvgIpc) is 3.38. The number of anilines is 1. The molecule has 0 unspecified atom stereocenters. The van der Waals surface area contributed by atoms with E-state index in [1.807, 2.05) is 42.8 Å². The number of carbonyl (C=O) groups is 2. The zero-order chi connectivity index (χ0) is 22.8. The van der Waals surface area contributed by atoms with Crippen LogP contribution in [0.15, 0.2) is 54.7 Å². The highest BCUT2D eigenvalue weighted by molar-refractivity contribution is 6.07. The van der Waals surface area contributed by atoms with Gasteiger partial charge in [-0.1, -0.05) is 12.1 Å². The average molecular weight is 433 g/mol. The Labute approximate surface area is 183 Å². The van der Waals surface area contributed by atoms with Crippen LogP contribution in [0.3, 0.4) is 0 Å². The van der Waals surface area contributed by atoms with Crippen molar-refractivity contribution in [3.8, 4) is 0 Å². The zero-order valence-corrected chi connectivity index (χ0v) is 17.8. The first-order valence-electron chi connectivity index (χ1n) is 10.4. The molecule has 4 aromatic rings. The molecule has 0 fully saturated rings. The lowest BCUT2D eigenvalue weighted by atomic mass is 10.2. The predicted molar refractivity (Wildman–Crippen MR) is 123 cm³/mol. The summed E-state index contributed by atoms with van der Waals surface area (Å²) in [5.41, 5.74) is 1.95. The molecule has 2 aromatic heterocycles. The van der Waals surface area contributed by atoms with Gasteiger partial charge < -0.3 is 19.8 Å². The van der Waals surface area contributed by atoms with Gasteiger partial charge in [0.05, 0.1) is 4.92 Å². The fourth-order valence-electron chi connectivity index (χ4n) is 3.85. The van der Waals surface area contributed by atoms with E-state index in [2.05, 4.69) is 10.3 Å². The molecule has 4 rings (SSSR count). The Balaban J connectivity index is 1.54. The number of H-pyrrole nitrogens is 1. The van der Waals surface area contributed by atoms with E-state index in [1.165, 1.54) is 6.07 Å². The van der Waals surface area contributed by atoms with Crippen molar-refractivity contribution in [3.63, 3.8) is 0 Å². The standard InChI is InChI=1S/C23H23N5O4/c1-3-26(4-2)21(29)14-27-11-10-15-12-17(8-9-19(15)27)24-23(30)18-13-16-6-5-7-20(28(31)32)22(16)25-18/h5-13,25H,3-4,14H2,1-2H3,(H,24,30). The highest BCUT2D eigenvalue weighted by Crippen LogP contribution is 2.26. The van der Waals surface area contributed by atoms with Crippen LogP contribution in [0.5, 0.6) is 0 Å². The quantitative estimate of drug-likeness (QED) is 0.337. The van der Waals surface area contributed by atoms with Gasteiger partial charge in [0.15, 0.2) is 0 Å². The van der Waals surface area contributed by atoms with Crippen molar-refractivity contribution < 1.29 is 14.5 Å².